The maximum Gasteiger partial charge on any atom is 0.524 e. The number of halogens is 7. The Balaban J connectivity index is 0.000000502. The van der Waals surface area contributed by atoms with E-state index >= 15 is 0 Å². The Morgan fingerprint density at radius 1 is 0.769 bits per heavy atom. The van der Waals surface area contributed by atoms with Crippen LogP contribution in [-0.4, -0.2) is 36.3 Å². The highest BCUT2D eigenvalue weighted by Crippen LogP contribution is 2.32. The highest BCUT2D eigenvalue weighted by Gasteiger charge is 2.57. The summed E-state index contributed by atoms with van der Waals surface area (Å²) in [6.45, 7) is 1.88. The van der Waals surface area contributed by atoms with Gasteiger partial charge < -0.3 is 0 Å². The molecule has 0 aromatic heterocycles. The van der Waals surface area contributed by atoms with Crippen LogP contribution in [0.2, 0.25) is 0 Å². The SMILES string of the molecule is Cc1ccc(S(=O)(=O)Cl)cc1.O=S(=O)(OS(=O)(=O)C(F)(F)F)C(F)(F)F. The molecule has 1 aromatic rings. The molecule has 1 aromatic carbocycles. The first-order chi connectivity index (χ1) is 11.2. The number of aryl methyl sites for hydroxylation is 1. The van der Waals surface area contributed by atoms with Gasteiger partial charge in [-0.1, -0.05) is 17.7 Å². The van der Waals surface area contributed by atoms with Crippen LogP contribution in [0, 0.1) is 6.92 Å². The number of hydrogen-bond acceptors (Lipinski definition) is 7. The van der Waals surface area contributed by atoms with Gasteiger partial charge in [0.15, 0.2) is 0 Å². The quantitative estimate of drug-likeness (QED) is 0.377. The number of hydrogen-bond donors (Lipinski definition) is 0. The smallest absolute Gasteiger partial charge is 0.207 e. The van der Waals surface area contributed by atoms with Gasteiger partial charge in [0.1, 0.15) is 0 Å². The minimum atomic E-state index is -6.85. The zero-order chi connectivity index (χ0) is 21.2. The Labute approximate surface area is 148 Å². The first-order valence-corrected chi connectivity index (χ1v) is 10.7. The van der Waals surface area contributed by atoms with Gasteiger partial charge in [-0.25, -0.2) is 8.42 Å². The molecule has 1 rings (SSSR count). The lowest BCUT2D eigenvalue weighted by atomic mass is 10.2. The minimum Gasteiger partial charge on any atom is -0.207 e. The zero-order valence-corrected chi connectivity index (χ0v) is 15.2. The number of rotatable bonds is 3. The summed E-state index contributed by atoms with van der Waals surface area (Å²) in [7, 11) is -12.2. The highest BCUT2D eigenvalue weighted by atomic mass is 35.7. The molecular formula is C9H7ClF6O7S3. The van der Waals surface area contributed by atoms with Gasteiger partial charge in [0.25, 0.3) is 9.05 Å². The van der Waals surface area contributed by atoms with Gasteiger partial charge in [-0.3, -0.25) is 0 Å². The number of benzene rings is 1. The van der Waals surface area contributed by atoms with Crippen molar-refractivity contribution in [3.05, 3.63) is 29.8 Å². The van der Waals surface area contributed by atoms with Crippen LogP contribution in [0.3, 0.4) is 0 Å². The molecule has 0 amide bonds. The summed E-state index contributed by atoms with van der Waals surface area (Å²) < 4.78 is 131. The molecule has 0 saturated heterocycles. The minimum absolute atomic E-state index is 0.143. The van der Waals surface area contributed by atoms with Gasteiger partial charge in [-0.15, -0.1) is 3.63 Å². The molecular weight excluding hydrogens is 466 g/mol. The second-order valence-corrected chi connectivity index (χ2v) is 9.97. The van der Waals surface area contributed by atoms with E-state index in [0.717, 1.165) is 5.56 Å². The van der Waals surface area contributed by atoms with Crippen molar-refractivity contribution in [1.82, 2.24) is 0 Å². The summed E-state index contributed by atoms with van der Waals surface area (Å²) in [6.07, 6.45) is 0. The van der Waals surface area contributed by atoms with E-state index in [-0.39, 0.29) is 4.90 Å². The maximum atomic E-state index is 11.4. The Bertz CT molecular complexity index is 889. The first-order valence-electron chi connectivity index (χ1n) is 5.56. The van der Waals surface area contributed by atoms with Crippen molar-refractivity contribution in [2.24, 2.45) is 0 Å². The molecule has 0 aliphatic carbocycles. The topological polar surface area (TPSA) is 112 Å². The van der Waals surface area contributed by atoms with Gasteiger partial charge in [0.05, 0.1) is 4.90 Å². The van der Waals surface area contributed by atoms with Gasteiger partial charge in [-0.05, 0) is 19.1 Å². The summed E-state index contributed by atoms with van der Waals surface area (Å²) in [4.78, 5) is 0.143. The summed E-state index contributed by atoms with van der Waals surface area (Å²) in [5.41, 5.74) is -11.5. The van der Waals surface area contributed by atoms with E-state index in [2.05, 4.69) is 0 Å². The standard InChI is InChI=1S/C7H7ClO2S.C2F6O5S2/c1-6-2-4-7(5-3-6)11(8,9)10;3-1(4,5)14(9,10)13-15(11,12)2(6,7)8/h2-5H,1H3;. The van der Waals surface area contributed by atoms with Gasteiger partial charge >= 0.3 is 31.3 Å². The van der Waals surface area contributed by atoms with Crippen molar-refractivity contribution in [1.29, 1.82) is 0 Å². The Kier molecular flexibility index (Phi) is 7.54. The van der Waals surface area contributed by atoms with E-state index in [0.29, 0.717) is 0 Å². The maximum absolute atomic E-state index is 11.4. The molecule has 152 valence electrons. The van der Waals surface area contributed by atoms with Crippen LogP contribution in [0.4, 0.5) is 26.3 Å². The lowest BCUT2D eigenvalue weighted by molar-refractivity contribution is -0.0585. The van der Waals surface area contributed by atoms with E-state index in [4.69, 9.17) is 10.7 Å². The Morgan fingerprint density at radius 3 is 1.31 bits per heavy atom. The normalized spacial score (nSPS) is 13.7. The molecule has 0 atom stereocenters. The number of alkyl halides is 6. The molecule has 0 spiro atoms. The van der Waals surface area contributed by atoms with E-state index in [9.17, 15) is 51.6 Å². The third-order valence-electron chi connectivity index (χ3n) is 2.05. The average Bonchev–Trinajstić information content (AvgIpc) is 2.34. The second-order valence-electron chi connectivity index (χ2n) is 4.12. The lowest BCUT2D eigenvalue weighted by Crippen LogP contribution is -2.34. The highest BCUT2D eigenvalue weighted by molar-refractivity contribution is 8.13. The molecule has 0 aliphatic heterocycles. The van der Waals surface area contributed by atoms with E-state index in [1.807, 2.05) is 10.6 Å². The van der Waals surface area contributed by atoms with Crippen LogP contribution < -0.4 is 0 Å². The van der Waals surface area contributed by atoms with Crippen molar-refractivity contribution >= 4 is 40.0 Å². The molecule has 17 heteroatoms. The van der Waals surface area contributed by atoms with E-state index in [1.54, 1.807) is 12.1 Å². The van der Waals surface area contributed by atoms with Gasteiger partial charge in [-0.2, -0.15) is 43.2 Å². The molecule has 0 N–H and O–H groups in total. The molecule has 7 nitrogen and oxygen atoms in total. The summed E-state index contributed by atoms with van der Waals surface area (Å²) in [6, 6.07) is 6.37. The van der Waals surface area contributed by atoms with Crippen LogP contribution in [0.1, 0.15) is 5.56 Å². The monoisotopic (exact) mass is 472 g/mol. The van der Waals surface area contributed by atoms with Crippen LogP contribution in [0.25, 0.3) is 0 Å². The molecule has 0 radical (unpaired) electrons. The Morgan fingerprint density at radius 2 is 1.08 bits per heavy atom. The molecule has 0 saturated carbocycles. The zero-order valence-electron chi connectivity index (χ0n) is 12.0. The molecule has 0 aliphatic rings. The molecule has 0 bridgehead atoms. The third-order valence-corrected chi connectivity index (χ3v) is 5.99. The first kappa shape index (κ1) is 24.9. The fourth-order valence-electron chi connectivity index (χ4n) is 0.896. The van der Waals surface area contributed by atoms with Crippen molar-refractivity contribution in [3.8, 4) is 0 Å². The van der Waals surface area contributed by atoms with E-state index < -0.39 is 40.3 Å². The second kappa shape index (κ2) is 7.87. The van der Waals surface area contributed by atoms with Crippen LogP contribution in [-0.2, 0) is 32.9 Å². The summed E-state index contributed by atoms with van der Waals surface area (Å²) in [5.74, 6) is 0. The predicted octanol–water partition coefficient (Wildman–Crippen LogP) is 2.62. The van der Waals surface area contributed by atoms with Crippen molar-refractivity contribution in [2.75, 3.05) is 0 Å². The van der Waals surface area contributed by atoms with Crippen LogP contribution in [0.5, 0.6) is 0 Å². The van der Waals surface area contributed by atoms with E-state index in [1.165, 1.54) is 12.1 Å². The van der Waals surface area contributed by atoms with Gasteiger partial charge in [0, 0.05) is 10.7 Å². The van der Waals surface area contributed by atoms with Crippen LogP contribution >= 0.6 is 10.7 Å². The molecule has 0 unspecified atom stereocenters. The Hall–Kier alpha value is -1.10. The van der Waals surface area contributed by atoms with Crippen molar-refractivity contribution in [3.63, 3.8) is 0 Å². The molecule has 0 fully saturated rings. The molecule has 0 heterocycles. The lowest BCUT2D eigenvalue weighted by Gasteiger charge is -2.09. The summed E-state index contributed by atoms with van der Waals surface area (Å²) in [5, 5.41) is 0. The fourth-order valence-corrected chi connectivity index (χ4v) is 3.23. The largest absolute Gasteiger partial charge is 0.524 e. The third kappa shape index (κ3) is 7.26. The van der Waals surface area contributed by atoms with Crippen molar-refractivity contribution < 1.29 is 55.2 Å². The van der Waals surface area contributed by atoms with Crippen LogP contribution in [0.15, 0.2) is 29.2 Å². The summed E-state index contributed by atoms with van der Waals surface area (Å²) >= 11 is 0. The fraction of sp³-hybridized carbons (Fsp3) is 0.333. The predicted molar refractivity (Wildman–Crippen MR) is 75.3 cm³/mol. The average molecular weight is 473 g/mol. The van der Waals surface area contributed by atoms with Gasteiger partial charge in [0.2, 0.25) is 0 Å². The molecule has 26 heavy (non-hydrogen) atoms. The van der Waals surface area contributed by atoms with Crippen molar-refractivity contribution in [2.45, 2.75) is 22.8 Å².